The molecule has 0 atom stereocenters. The summed E-state index contributed by atoms with van der Waals surface area (Å²) in [5.74, 6) is -0.210. The topological polar surface area (TPSA) is 56.7 Å². The Balaban J connectivity index is 1.96. The molecule has 0 bridgehead atoms. The number of unbranched alkanes of at least 4 members (excludes halogenated alkanes) is 1. The van der Waals surface area contributed by atoms with Gasteiger partial charge in [0.15, 0.2) is 0 Å². The number of aryl methyl sites for hydroxylation is 1. The van der Waals surface area contributed by atoms with E-state index in [-0.39, 0.29) is 5.82 Å². The van der Waals surface area contributed by atoms with Gasteiger partial charge in [0.2, 0.25) is 0 Å². The highest BCUT2D eigenvalue weighted by Crippen LogP contribution is 2.08. The summed E-state index contributed by atoms with van der Waals surface area (Å²) >= 11 is 0. The van der Waals surface area contributed by atoms with Crippen molar-refractivity contribution in [2.45, 2.75) is 25.8 Å². The number of aromatic nitrogens is 3. The van der Waals surface area contributed by atoms with Gasteiger partial charge < -0.3 is 5.73 Å². The predicted octanol–water partition coefficient (Wildman–Crippen LogP) is 1.75. The molecule has 2 aromatic rings. The third-order valence-electron chi connectivity index (χ3n) is 2.76. The molecular formula is C13H17FN4. The molecule has 0 amide bonds. The van der Waals surface area contributed by atoms with Gasteiger partial charge in [-0.15, -0.1) is 5.10 Å². The van der Waals surface area contributed by atoms with E-state index < -0.39 is 0 Å². The van der Waals surface area contributed by atoms with E-state index in [1.807, 2.05) is 12.3 Å². The van der Waals surface area contributed by atoms with Gasteiger partial charge in [0, 0.05) is 11.8 Å². The zero-order valence-corrected chi connectivity index (χ0v) is 10.2. The SMILES string of the molecule is NCCCCc1cn(Cc2ccccc2F)nn1. The highest BCUT2D eigenvalue weighted by molar-refractivity contribution is 5.17. The normalized spacial score (nSPS) is 10.8. The maximum Gasteiger partial charge on any atom is 0.128 e. The fourth-order valence-electron chi connectivity index (χ4n) is 1.78. The second-order valence-electron chi connectivity index (χ2n) is 4.24. The first-order valence-corrected chi connectivity index (χ1v) is 6.12. The molecule has 5 heteroatoms. The Morgan fingerprint density at radius 2 is 2.06 bits per heavy atom. The van der Waals surface area contributed by atoms with Crippen LogP contribution in [0.1, 0.15) is 24.1 Å². The van der Waals surface area contributed by atoms with Gasteiger partial charge in [-0.3, -0.25) is 0 Å². The lowest BCUT2D eigenvalue weighted by Crippen LogP contribution is -2.02. The molecule has 0 radical (unpaired) electrons. The summed E-state index contributed by atoms with van der Waals surface area (Å²) in [5, 5.41) is 8.06. The first-order valence-electron chi connectivity index (χ1n) is 6.12. The van der Waals surface area contributed by atoms with E-state index in [2.05, 4.69) is 10.3 Å². The average Bonchev–Trinajstić information content (AvgIpc) is 2.80. The number of hydrogen-bond donors (Lipinski definition) is 1. The van der Waals surface area contributed by atoms with Gasteiger partial charge in [-0.2, -0.15) is 0 Å². The summed E-state index contributed by atoms with van der Waals surface area (Å²) in [5.41, 5.74) is 6.99. The molecule has 0 fully saturated rings. The smallest absolute Gasteiger partial charge is 0.128 e. The second-order valence-corrected chi connectivity index (χ2v) is 4.24. The first kappa shape index (κ1) is 12.7. The number of halogens is 1. The maximum absolute atomic E-state index is 13.5. The summed E-state index contributed by atoms with van der Waals surface area (Å²) < 4.78 is 15.1. The molecule has 0 aliphatic heterocycles. The Labute approximate surface area is 106 Å². The average molecular weight is 248 g/mol. The molecule has 2 rings (SSSR count). The van der Waals surface area contributed by atoms with Gasteiger partial charge in [0.05, 0.1) is 12.2 Å². The predicted molar refractivity (Wildman–Crippen MR) is 67.5 cm³/mol. The fourth-order valence-corrected chi connectivity index (χ4v) is 1.78. The van der Waals surface area contributed by atoms with Crippen molar-refractivity contribution < 1.29 is 4.39 Å². The molecular weight excluding hydrogens is 231 g/mol. The first-order chi connectivity index (χ1) is 8.79. The van der Waals surface area contributed by atoms with E-state index in [0.717, 1.165) is 25.0 Å². The van der Waals surface area contributed by atoms with Gasteiger partial charge in [-0.25, -0.2) is 9.07 Å². The van der Waals surface area contributed by atoms with Crippen LogP contribution in [0.25, 0.3) is 0 Å². The summed E-state index contributed by atoms with van der Waals surface area (Å²) in [7, 11) is 0. The Morgan fingerprint density at radius 3 is 2.83 bits per heavy atom. The van der Waals surface area contributed by atoms with Crippen LogP contribution in [0.2, 0.25) is 0 Å². The molecule has 18 heavy (non-hydrogen) atoms. The zero-order valence-electron chi connectivity index (χ0n) is 10.2. The molecule has 0 saturated carbocycles. The number of nitrogens with two attached hydrogens (primary N) is 1. The third-order valence-corrected chi connectivity index (χ3v) is 2.76. The summed E-state index contributed by atoms with van der Waals surface area (Å²) in [6.07, 6.45) is 4.73. The Kier molecular flexibility index (Phi) is 4.41. The van der Waals surface area contributed by atoms with Crippen LogP contribution < -0.4 is 5.73 Å². The molecule has 4 nitrogen and oxygen atoms in total. The third kappa shape index (κ3) is 3.37. The molecule has 96 valence electrons. The van der Waals surface area contributed by atoms with E-state index >= 15 is 0 Å². The summed E-state index contributed by atoms with van der Waals surface area (Å²) in [6.45, 7) is 1.11. The molecule has 0 unspecified atom stereocenters. The van der Waals surface area contributed by atoms with E-state index in [1.54, 1.807) is 16.8 Å². The standard InChI is InChI=1S/C13H17FN4/c14-13-7-2-1-5-11(13)9-18-10-12(16-17-18)6-3-4-8-15/h1-2,5,7,10H,3-4,6,8-9,15H2. The van der Waals surface area contributed by atoms with E-state index in [0.29, 0.717) is 18.7 Å². The van der Waals surface area contributed by atoms with Crippen LogP contribution in [0.15, 0.2) is 30.5 Å². The molecule has 1 heterocycles. The van der Waals surface area contributed by atoms with Gasteiger partial charge in [0.25, 0.3) is 0 Å². The van der Waals surface area contributed by atoms with Crippen molar-refractivity contribution in [1.29, 1.82) is 0 Å². The van der Waals surface area contributed by atoms with Crippen molar-refractivity contribution in [3.05, 3.63) is 47.5 Å². The minimum Gasteiger partial charge on any atom is -0.330 e. The van der Waals surface area contributed by atoms with Crippen molar-refractivity contribution in [3.63, 3.8) is 0 Å². The zero-order chi connectivity index (χ0) is 12.8. The van der Waals surface area contributed by atoms with Crippen LogP contribution in [0.5, 0.6) is 0 Å². The lowest BCUT2D eigenvalue weighted by Gasteiger charge is -2.01. The van der Waals surface area contributed by atoms with Crippen molar-refractivity contribution in [1.82, 2.24) is 15.0 Å². The lowest BCUT2D eigenvalue weighted by molar-refractivity contribution is 0.577. The quantitative estimate of drug-likeness (QED) is 0.792. The van der Waals surface area contributed by atoms with Crippen LogP contribution in [-0.4, -0.2) is 21.5 Å². The van der Waals surface area contributed by atoms with Crippen LogP contribution in [-0.2, 0) is 13.0 Å². The molecule has 0 saturated heterocycles. The second kappa shape index (κ2) is 6.26. The van der Waals surface area contributed by atoms with Crippen LogP contribution in [0.4, 0.5) is 4.39 Å². The highest BCUT2D eigenvalue weighted by atomic mass is 19.1. The van der Waals surface area contributed by atoms with Crippen molar-refractivity contribution >= 4 is 0 Å². The Morgan fingerprint density at radius 1 is 1.22 bits per heavy atom. The summed E-state index contributed by atoms with van der Waals surface area (Å²) in [6, 6.07) is 6.70. The van der Waals surface area contributed by atoms with Crippen molar-refractivity contribution in [2.75, 3.05) is 6.54 Å². The van der Waals surface area contributed by atoms with Crippen LogP contribution in [0.3, 0.4) is 0 Å². The Hall–Kier alpha value is -1.75. The number of hydrogen-bond acceptors (Lipinski definition) is 3. The van der Waals surface area contributed by atoms with E-state index in [4.69, 9.17) is 5.73 Å². The van der Waals surface area contributed by atoms with Crippen LogP contribution in [0, 0.1) is 5.82 Å². The van der Waals surface area contributed by atoms with Gasteiger partial charge in [-0.1, -0.05) is 23.4 Å². The fraction of sp³-hybridized carbons (Fsp3) is 0.385. The minimum absolute atomic E-state index is 0.210. The number of nitrogens with zero attached hydrogens (tertiary/aromatic N) is 3. The summed E-state index contributed by atoms with van der Waals surface area (Å²) in [4.78, 5) is 0. The molecule has 1 aromatic heterocycles. The van der Waals surface area contributed by atoms with E-state index in [9.17, 15) is 4.39 Å². The van der Waals surface area contributed by atoms with Crippen molar-refractivity contribution in [3.8, 4) is 0 Å². The monoisotopic (exact) mass is 248 g/mol. The van der Waals surface area contributed by atoms with Gasteiger partial charge in [-0.05, 0) is 31.9 Å². The van der Waals surface area contributed by atoms with Gasteiger partial charge >= 0.3 is 0 Å². The Bertz CT molecular complexity index is 495. The van der Waals surface area contributed by atoms with Crippen LogP contribution >= 0.6 is 0 Å². The highest BCUT2D eigenvalue weighted by Gasteiger charge is 2.04. The number of benzene rings is 1. The molecule has 0 aliphatic carbocycles. The lowest BCUT2D eigenvalue weighted by atomic mass is 10.2. The molecule has 0 spiro atoms. The molecule has 2 N–H and O–H groups in total. The van der Waals surface area contributed by atoms with Crippen molar-refractivity contribution in [2.24, 2.45) is 5.73 Å². The maximum atomic E-state index is 13.5. The minimum atomic E-state index is -0.210. The van der Waals surface area contributed by atoms with E-state index in [1.165, 1.54) is 6.07 Å². The number of rotatable bonds is 6. The largest absolute Gasteiger partial charge is 0.330 e. The van der Waals surface area contributed by atoms with Gasteiger partial charge in [0.1, 0.15) is 5.82 Å². The molecule has 1 aromatic carbocycles. The molecule has 0 aliphatic rings.